The van der Waals surface area contributed by atoms with Gasteiger partial charge in [-0.15, -0.1) is 0 Å². The number of aromatic amines is 1. The number of hydrogen-bond acceptors (Lipinski definition) is 4. The fourth-order valence-corrected chi connectivity index (χ4v) is 6.01. The first kappa shape index (κ1) is 26.5. The van der Waals surface area contributed by atoms with E-state index in [-0.39, 0.29) is 5.88 Å². The Labute approximate surface area is 239 Å². The van der Waals surface area contributed by atoms with Crippen molar-refractivity contribution in [2.24, 2.45) is 0 Å². The molecule has 0 saturated carbocycles. The minimum absolute atomic E-state index is 0.282. The summed E-state index contributed by atoms with van der Waals surface area (Å²) in [6, 6.07) is 28.6. The minimum atomic E-state index is -1.33. The number of benzene rings is 4. The van der Waals surface area contributed by atoms with Crippen molar-refractivity contribution >= 4 is 39.0 Å². The summed E-state index contributed by atoms with van der Waals surface area (Å²) >= 11 is 0. The number of aromatic nitrogens is 1. The third kappa shape index (κ3) is 5.50. The van der Waals surface area contributed by atoms with Gasteiger partial charge in [-0.2, -0.15) is 0 Å². The molecule has 0 aliphatic heterocycles. The molecule has 0 amide bonds. The van der Waals surface area contributed by atoms with E-state index in [0.717, 1.165) is 75.5 Å². The molecule has 0 saturated heterocycles. The highest BCUT2D eigenvalue weighted by Crippen LogP contribution is 2.42. The Bertz CT molecular complexity index is 1740. The molecule has 1 aliphatic rings. The average Bonchev–Trinajstić information content (AvgIpc) is 3.35. The fraction of sp³-hybridized carbons (Fsp3) is 0.229. The van der Waals surface area contributed by atoms with Crippen LogP contribution in [0.15, 0.2) is 84.9 Å². The van der Waals surface area contributed by atoms with Gasteiger partial charge in [-0.3, -0.25) is 0 Å². The fourth-order valence-electron chi connectivity index (χ4n) is 6.01. The Morgan fingerprint density at radius 3 is 2.49 bits per heavy atom. The molecule has 0 spiro atoms. The van der Waals surface area contributed by atoms with Gasteiger partial charge in [0.05, 0.1) is 19.2 Å². The topological polar surface area (TPSA) is 80.8 Å². The van der Waals surface area contributed by atoms with Gasteiger partial charge in [-0.25, -0.2) is 4.79 Å². The maximum atomic E-state index is 11.6. The zero-order valence-electron chi connectivity index (χ0n) is 23.1. The molecule has 41 heavy (non-hydrogen) atoms. The normalized spacial score (nSPS) is 13.5. The monoisotopic (exact) mass is 547 g/mol. The summed E-state index contributed by atoms with van der Waals surface area (Å²) in [4.78, 5) is 15.0. The number of methoxy groups -OCH3 is 1. The first-order valence-corrected chi connectivity index (χ1v) is 14.1. The van der Waals surface area contributed by atoms with E-state index in [1.165, 1.54) is 11.1 Å². The quantitative estimate of drug-likeness (QED) is 0.142. The number of aryl methyl sites for hydroxylation is 1. The van der Waals surface area contributed by atoms with Crippen LogP contribution < -0.4 is 14.2 Å². The molecule has 0 bridgehead atoms. The number of rotatable bonds is 9. The molecule has 2 N–H and O–H groups in total. The first-order valence-electron chi connectivity index (χ1n) is 14.1. The van der Waals surface area contributed by atoms with Gasteiger partial charge in [0.15, 0.2) is 0 Å². The molecule has 1 aromatic heterocycles. The summed E-state index contributed by atoms with van der Waals surface area (Å²) in [5.41, 5.74) is 6.60. The molecule has 5 aromatic rings. The molecular formula is C35H33NO5. The third-order valence-corrected chi connectivity index (χ3v) is 7.88. The van der Waals surface area contributed by atoms with Crippen LogP contribution in [-0.4, -0.2) is 30.0 Å². The third-order valence-electron chi connectivity index (χ3n) is 7.88. The molecular weight excluding hydrogens is 514 g/mol. The van der Waals surface area contributed by atoms with E-state index in [0.29, 0.717) is 19.4 Å². The largest absolute Gasteiger partial charge is 0.512 e. The summed E-state index contributed by atoms with van der Waals surface area (Å²) < 4.78 is 16.9. The molecule has 0 fully saturated rings. The maximum absolute atomic E-state index is 11.6. The van der Waals surface area contributed by atoms with Crippen LogP contribution in [0, 0.1) is 0 Å². The van der Waals surface area contributed by atoms with E-state index in [2.05, 4.69) is 47.4 Å². The highest BCUT2D eigenvalue weighted by atomic mass is 16.7. The van der Waals surface area contributed by atoms with Gasteiger partial charge in [0.25, 0.3) is 0 Å². The standard InChI is InChI=1S/C35H33NO5/c1-39-25-13-6-12-24(22-25)26-14-4-5-16-28(26)29-17-8-18-30-31(34(36-33(29)30)41-35(37)38)19-9-21-40-32-20-7-11-23-10-2-3-15-27(23)32/h2-3,6-8,10-13,15,17-18,20,22,36H,4-5,9,14,16,19,21H2,1H3,(H,37,38). The average molecular weight is 548 g/mol. The second-order valence-corrected chi connectivity index (χ2v) is 10.4. The highest BCUT2D eigenvalue weighted by Gasteiger charge is 2.22. The lowest BCUT2D eigenvalue weighted by atomic mass is 9.83. The number of ether oxygens (including phenoxy) is 3. The molecule has 6 nitrogen and oxygen atoms in total. The van der Waals surface area contributed by atoms with Gasteiger partial charge >= 0.3 is 6.16 Å². The van der Waals surface area contributed by atoms with Crippen LogP contribution in [0.1, 0.15) is 48.8 Å². The molecule has 1 aliphatic carbocycles. The lowest BCUT2D eigenvalue weighted by Crippen LogP contribution is -2.06. The molecule has 4 aromatic carbocycles. The number of allylic oxidation sites excluding steroid dienone is 2. The number of carbonyl (C=O) groups is 1. The second-order valence-electron chi connectivity index (χ2n) is 10.4. The Morgan fingerprint density at radius 2 is 1.63 bits per heavy atom. The highest BCUT2D eigenvalue weighted by molar-refractivity contribution is 6.02. The van der Waals surface area contributed by atoms with Crippen molar-refractivity contribution in [1.82, 2.24) is 4.98 Å². The van der Waals surface area contributed by atoms with Crippen LogP contribution >= 0.6 is 0 Å². The lowest BCUT2D eigenvalue weighted by Gasteiger charge is -2.22. The van der Waals surface area contributed by atoms with E-state index in [1.807, 2.05) is 42.5 Å². The molecule has 0 atom stereocenters. The van der Waals surface area contributed by atoms with E-state index in [4.69, 9.17) is 14.2 Å². The van der Waals surface area contributed by atoms with Crippen LogP contribution in [0.5, 0.6) is 17.4 Å². The summed E-state index contributed by atoms with van der Waals surface area (Å²) in [5, 5.41) is 12.7. The SMILES string of the molecule is COc1cccc(C2=C(c3cccc4c(CCCOc5cccc6ccccc56)c(OC(=O)O)[nH]c34)CCCC2)c1. The van der Waals surface area contributed by atoms with Gasteiger partial charge in [-0.05, 0) is 78.8 Å². The van der Waals surface area contributed by atoms with Crippen molar-refractivity contribution in [2.45, 2.75) is 38.5 Å². The van der Waals surface area contributed by atoms with Crippen molar-refractivity contribution in [2.75, 3.05) is 13.7 Å². The second kappa shape index (κ2) is 11.8. The van der Waals surface area contributed by atoms with Gasteiger partial charge in [0.2, 0.25) is 5.88 Å². The number of para-hydroxylation sites is 1. The summed E-state index contributed by atoms with van der Waals surface area (Å²) in [6.07, 6.45) is 4.15. The number of hydrogen-bond donors (Lipinski definition) is 2. The molecule has 0 radical (unpaired) electrons. The Balaban J connectivity index is 1.32. The minimum Gasteiger partial charge on any atom is -0.497 e. The number of carboxylic acid groups (broad SMARTS) is 1. The maximum Gasteiger partial charge on any atom is 0.512 e. The van der Waals surface area contributed by atoms with Crippen LogP contribution in [0.25, 0.3) is 32.8 Å². The molecule has 1 heterocycles. The zero-order valence-corrected chi connectivity index (χ0v) is 23.1. The predicted molar refractivity (Wildman–Crippen MR) is 163 cm³/mol. The van der Waals surface area contributed by atoms with Crippen molar-refractivity contribution in [1.29, 1.82) is 0 Å². The van der Waals surface area contributed by atoms with Crippen molar-refractivity contribution in [3.8, 4) is 17.4 Å². The molecule has 6 rings (SSSR count). The molecule has 208 valence electrons. The summed E-state index contributed by atoms with van der Waals surface area (Å²) in [5.74, 6) is 1.97. The van der Waals surface area contributed by atoms with Gasteiger partial charge in [0.1, 0.15) is 11.5 Å². The smallest absolute Gasteiger partial charge is 0.497 e. The van der Waals surface area contributed by atoms with Crippen molar-refractivity contribution in [3.05, 3.63) is 102 Å². The Hall–Kier alpha value is -4.71. The van der Waals surface area contributed by atoms with Crippen LogP contribution in [0.3, 0.4) is 0 Å². The Morgan fingerprint density at radius 1 is 0.878 bits per heavy atom. The number of fused-ring (bicyclic) bond motifs is 2. The van der Waals surface area contributed by atoms with Crippen molar-refractivity contribution in [3.63, 3.8) is 0 Å². The van der Waals surface area contributed by atoms with Gasteiger partial charge in [-0.1, -0.05) is 66.7 Å². The van der Waals surface area contributed by atoms with Crippen LogP contribution in [0.2, 0.25) is 0 Å². The first-order chi connectivity index (χ1) is 20.1. The zero-order chi connectivity index (χ0) is 28.2. The van der Waals surface area contributed by atoms with E-state index >= 15 is 0 Å². The van der Waals surface area contributed by atoms with Crippen LogP contribution in [-0.2, 0) is 6.42 Å². The van der Waals surface area contributed by atoms with Gasteiger partial charge in [0, 0.05) is 21.9 Å². The van der Waals surface area contributed by atoms with E-state index < -0.39 is 6.16 Å². The van der Waals surface area contributed by atoms with Gasteiger partial charge < -0.3 is 24.3 Å². The van der Waals surface area contributed by atoms with Crippen molar-refractivity contribution < 1.29 is 24.1 Å². The van der Waals surface area contributed by atoms with E-state index in [9.17, 15) is 9.90 Å². The van der Waals surface area contributed by atoms with E-state index in [1.54, 1.807) is 7.11 Å². The predicted octanol–water partition coefficient (Wildman–Crippen LogP) is 8.88. The molecule has 6 heteroatoms. The number of H-pyrrole nitrogens is 1. The number of nitrogens with one attached hydrogen (secondary N) is 1. The van der Waals surface area contributed by atoms with Crippen LogP contribution in [0.4, 0.5) is 4.79 Å². The summed E-state index contributed by atoms with van der Waals surface area (Å²) in [6.45, 7) is 0.498. The summed E-state index contributed by atoms with van der Waals surface area (Å²) in [7, 11) is 1.69. The Kier molecular flexibility index (Phi) is 7.63. The molecule has 0 unspecified atom stereocenters. The lowest BCUT2D eigenvalue weighted by molar-refractivity contribution is 0.142.